The second kappa shape index (κ2) is 9.21. The van der Waals surface area contributed by atoms with Crippen LogP contribution in [-0.2, 0) is 23.9 Å². The lowest BCUT2D eigenvalue weighted by molar-refractivity contribution is -0.276. The largest absolute Gasteiger partial charge is 0.458 e. The molecule has 4 rings (SSSR count). The number of esters is 2. The van der Waals surface area contributed by atoms with E-state index in [0.717, 1.165) is 5.57 Å². The van der Waals surface area contributed by atoms with E-state index in [1.54, 1.807) is 20.8 Å². The van der Waals surface area contributed by atoms with Gasteiger partial charge < -0.3 is 24.8 Å². The number of allylic oxidation sites excluding steroid dienone is 1. The quantitative estimate of drug-likeness (QED) is 0.383. The van der Waals surface area contributed by atoms with Crippen LogP contribution in [0.1, 0.15) is 80.1 Å². The summed E-state index contributed by atoms with van der Waals surface area (Å²) in [5.74, 6) is -3.21. The number of ketones is 1. The Balaban J connectivity index is 1.91. The lowest BCUT2D eigenvalue weighted by atomic mass is 9.44. The number of carbonyl (C=O) groups is 3. The minimum absolute atomic E-state index is 0.113. The number of aliphatic hydroxyl groups excluding tert-OH is 2. The molecule has 10 unspecified atom stereocenters. The number of carbonyl (C=O) groups excluding carboxylic acids is 3. The highest BCUT2D eigenvalue weighted by molar-refractivity contribution is 5.80. The third-order valence-corrected chi connectivity index (χ3v) is 10.2. The van der Waals surface area contributed by atoms with Crippen molar-refractivity contribution >= 4 is 17.7 Å². The molecule has 0 aromatic rings. The molecule has 3 fully saturated rings. The topological polar surface area (TPSA) is 130 Å². The van der Waals surface area contributed by atoms with Gasteiger partial charge in [-0.05, 0) is 62.7 Å². The standard InChI is InChI=1S/C28H42O8/c1-14(2)22(32)25(33)36-24-23(35-16(4)30)21-20(8-7-17-13-18(31)9-11-26(17,21)5)28(34)12-10-19(15(3)29)27(24,28)6/h7,14,18-24,31-32,34H,8-13H2,1-6H3. The molecule has 4 aliphatic rings. The van der Waals surface area contributed by atoms with Gasteiger partial charge in [-0.1, -0.05) is 39.3 Å². The molecule has 0 saturated heterocycles. The van der Waals surface area contributed by atoms with Gasteiger partial charge in [0.15, 0.2) is 6.10 Å². The summed E-state index contributed by atoms with van der Waals surface area (Å²) in [4.78, 5) is 38.5. The first-order chi connectivity index (χ1) is 16.7. The minimum atomic E-state index is -1.39. The van der Waals surface area contributed by atoms with Gasteiger partial charge in [-0.3, -0.25) is 9.59 Å². The molecule has 3 N–H and O–H groups in total. The lowest BCUT2D eigenvalue weighted by Crippen LogP contribution is -2.72. The summed E-state index contributed by atoms with van der Waals surface area (Å²) in [7, 11) is 0. The molecule has 0 spiro atoms. The fourth-order valence-electron chi connectivity index (χ4n) is 8.26. The van der Waals surface area contributed by atoms with Crippen LogP contribution in [0.15, 0.2) is 11.6 Å². The number of fused-ring (bicyclic) bond motifs is 5. The molecule has 10 atom stereocenters. The number of aliphatic hydroxyl groups is 3. The third kappa shape index (κ3) is 3.86. The number of hydrogen-bond donors (Lipinski definition) is 3. The molecule has 0 aromatic carbocycles. The highest BCUT2D eigenvalue weighted by Gasteiger charge is 2.75. The van der Waals surface area contributed by atoms with Crippen molar-refractivity contribution in [2.75, 3.05) is 0 Å². The summed E-state index contributed by atoms with van der Waals surface area (Å²) >= 11 is 0. The number of rotatable bonds is 5. The van der Waals surface area contributed by atoms with E-state index in [4.69, 9.17) is 9.47 Å². The second-order valence-electron chi connectivity index (χ2n) is 12.4. The Hall–Kier alpha value is -1.77. The minimum Gasteiger partial charge on any atom is -0.458 e. The average Bonchev–Trinajstić information content (AvgIpc) is 3.07. The van der Waals surface area contributed by atoms with Crippen LogP contribution in [0, 0.1) is 34.5 Å². The van der Waals surface area contributed by atoms with E-state index in [-0.39, 0.29) is 17.6 Å². The van der Waals surface area contributed by atoms with Crippen LogP contribution in [0.3, 0.4) is 0 Å². The van der Waals surface area contributed by atoms with Gasteiger partial charge in [-0.2, -0.15) is 0 Å². The molecule has 0 heterocycles. The van der Waals surface area contributed by atoms with E-state index >= 15 is 0 Å². The van der Waals surface area contributed by atoms with Crippen LogP contribution in [-0.4, -0.2) is 63.1 Å². The Bertz CT molecular complexity index is 957. The van der Waals surface area contributed by atoms with Crippen molar-refractivity contribution in [1.82, 2.24) is 0 Å². The fraction of sp³-hybridized carbons (Fsp3) is 0.821. The third-order valence-electron chi connectivity index (χ3n) is 10.2. The zero-order valence-corrected chi connectivity index (χ0v) is 22.3. The van der Waals surface area contributed by atoms with E-state index in [1.165, 1.54) is 13.8 Å². The van der Waals surface area contributed by atoms with Crippen molar-refractivity contribution in [3.8, 4) is 0 Å². The molecule has 3 saturated carbocycles. The van der Waals surface area contributed by atoms with E-state index in [0.29, 0.717) is 38.5 Å². The summed E-state index contributed by atoms with van der Waals surface area (Å²) in [6.45, 7) is 10.1. The van der Waals surface area contributed by atoms with E-state index in [2.05, 4.69) is 13.0 Å². The molecule has 36 heavy (non-hydrogen) atoms. The molecule has 8 heteroatoms. The maximum atomic E-state index is 13.1. The predicted molar refractivity (Wildman–Crippen MR) is 130 cm³/mol. The first-order valence-electron chi connectivity index (χ1n) is 13.3. The van der Waals surface area contributed by atoms with Crippen molar-refractivity contribution in [3.63, 3.8) is 0 Å². The first-order valence-corrected chi connectivity index (χ1v) is 13.3. The first kappa shape index (κ1) is 27.3. The summed E-state index contributed by atoms with van der Waals surface area (Å²) in [5.41, 5.74) is -1.98. The zero-order chi connectivity index (χ0) is 26.8. The smallest absolute Gasteiger partial charge is 0.335 e. The van der Waals surface area contributed by atoms with Crippen molar-refractivity contribution < 1.29 is 39.2 Å². The van der Waals surface area contributed by atoms with E-state index in [1.807, 2.05) is 0 Å². The molecule has 4 aliphatic carbocycles. The van der Waals surface area contributed by atoms with Gasteiger partial charge in [0.2, 0.25) is 0 Å². The van der Waals surface area contributed by atoms with Crippen LogP contribution in [0.5, 0.6) is 0 Å². The van der Waals surface area contributed by atoms with Gasteiger partial charge in [-0.15, -0.1) is 0 Å². The Labute approximate surface area is 213 Å². The molecule has 202 valence electrons. The molecular formula is C28H42O8. The van der Waals surface area contributed by atoms with Crippen molar-refractivity contribution in [1.29, 1.82) is 0 Å². The highest BCUT2D eigenvalue weighted by Crippen LogP contribution is 2.69. The maximum absolute atomic E-state index is 13.1. The van der Waals surface area contributed by atoms with Gasteiger partial charge >= 0.3 is 11.9 Å². The number of Topliss-reactive ketones (excluding diaryl/α,β-unsaturated/α-hetero) is 1. The van der Waals surface area contributed by atoms with Crippen LogP contribution < -0.4 is 0 Å². The number of hydrogen-bond acceptors (Lipinski definition) is 8. The van der Waals surface area contributed by atoms with Gasteiger partial charge in [0.1, 0.15) is 18.0 Å². The highest BCUT2D eigenvalue weighted by atomic mass is 16.6. The zero-order valence-electron chi connectivity index (χ0n) is 22.3. The summed E-state index contributed by atoms with van der Waals surface area (Å²) < 4.78 is 12.0. The van der Waals surface area contributed by atoms with Crippen LogP contribution in [0.2, 0.25) is 0 Å². The monoisotopic (exact) mass is 506 g/mol. The van der Waals surface area contributed by atoms with Gasteiger partial charge in [0, 0.05) is 24.2 Å². The maximum Gasteiger partial charge on any atom is 0.335 e. The Morgan fingerprint density at radius 3 is 2.33 bits per heavy atom. The molecule has 0 amide bonds. The normalized spacial score (nSPS) is 44.6. The Morgan fingerprint density at radius 2 is 1.75 bits per heavy atom. The summed E-state index contributed by atoms with van der Waals surface area (Å²) in [5, 5.41) is 33.4. The summed E-state index contributed by atoms with van der Waals surface area (Å²) in [6, 6.07) is 0. The molecule has 8 nitrogen and oxygen atoms in total. The van der Waals surface area contributed by atoms with Crippen molar-refractivity contribution in [2.24, 2.45) is 34.5 Å². The van der Waals surface area contributed by atoms with E-state index in [9.17, 15) is 29.7 Å². The fourth-order valence-corrected chi connectivity index (χ4v) is 8.26. The van der Waals surface area contributed by atoms with Crippen LogP contribution >= 0.6 is 0 Å². The molecule has 0 aliphatic heterocycles. The van der Waals surface area contributed by atoms with Gasteiger partial charge in [0.25, 0.3) is 0 Å². The van der Waals surface area contributed by atoms with E-state index < -0.39 is 64.6 Å². The Kier molecular flexibility index (Phi) is 6.97. The molecule has 0 aromatic heterocycles. The SMILES string of the molecule is CC(=O)OC1C2C(CC=C3CC(O)CCC32C)C2(O)CCC(C(C)=O)C2(C)C1OC(=O)C(O)C(C)C. The molecular weight excluding hydrogens is 464 g/mol. The Morgan fingerprint density at radius 1 is 1.08 bits per heavy atom. The van der Waals surface area contributed by atoms with Gasteiger partial charge in [-0.25, -0.2) is 4.79 Å². The summed E-state index contributed by atoms with van der Waals surface area (Å²) in [6.07, 6.45) is 1.28. The van der Waals surface area contributed by atoms with Crippen molar-refractivity contribution in [2.45, 2.75) is 110 Å². The predicted octanol–water partition coefficient (Wildman–Crippen LogP) is 2.71. The van der Waals surface area contributed by atoms with Gasteiger partial charge in [0.05, 0.1) is 11.7 Å². The van der Waals surface area contributed by atoms with Crippen LogP contribution in [0.25, 0.3) is 0 Å². The van der Waals surface area contributed by atoms with Crippen LogP contribution in [0.4, 0.5) is 0 Å². The molecule has 0 bridgehead atoms. The second-order valence-corrected chi connectivity index (χ2v) is 12.4. The number of ether oxygens (including phenoxy) is 2. The average molecular weight is 507 g/mol. The lowest BCUT2D eigenvalue weighted by Gasteiger charge is -2.64. The van der Waals surface area contributed by atoms with Crippen molar-refractivity contribution in [3.05, 3.63) is 11.6 Å². The molecule has 0 radical (unpaired) electrons.